The van der Waals surface area contributed by atoms with E-state index in [1.165, 1.54) is 0 Å². The molecule has 0 radical (unpaired) electrons. The fourth-order valence-electron chi connectivity index (χ4n) is 2.62. The van der Waals surface area contributed by atoms with Gasteiger partial charge in [0.25, 0.3) is 20.2 Å². The second-order valence-electron chi connectivity index (χ2n) is 7.30. The first-order valence-corrected chi connectivity index (χ1v) is 14.3. The van der Waals surface area contributed by atoms with Gasteiger partial charge in [-0.15, -0.1) is 10.2 Å². The van der Waals surface area contributed by atoms with Crippen LogP contribution in [0.1, 0.15) is 25.7 Å². The van der Waals surface area contributed by atoms with E-state index < -0.39 is 20.2 Å². The Balaban J connectivity index is 1.87. The second kappa shape index (κ2) is 14.0. The van der Waals surface area contributed by atoms with Gasteiger partial charge in [-0.05, 0) is 49.9 Å². The van der Waals surface area contributed by atoms with Crippen LogP contribution in [0.5, 0.6) is 11.5 Å². The zero-order valence-electron chi connectivity index (χ0n) is 19.3. The molecule has 0 atom stereocenters. The number of unbranched alkanes of at least 4 members (excludes halogenated alkanes) is 2. The van der Waals surface area contributed by atoms with Gasteiger partial charge in [-0.1, -0.05) is 24.3 Å². The van der Waals surface area contributed by atoms with Crippen LogP contribution in [0, 0.1) is 0 Å². The van der Waals surface area contributed by atoms with Crippen LogP contribution in [0.25, 0.3) is 0 Å². The van der Waals surface area contributed by atoms with E-state index in [-0.39, 0.29) is 13.2 Å². The van der Waals surface area contributed by atoms with Crippen molar-refractivity contribution in [2.45, 2.75) is 25.7 Å². The highest BCUT2D eigenvalue weighted by Crippen LogP contribution is 2.32. The van der Waals surface area contributed by atoms with Crippen molar-refractivity contribution >= 4 is 31.6 Å². The average molecular weight is 515 g/mol. The Hall–Kier alpha value is -2.54. The molecule has 0 aliphatic heterocycles. The third kappa shape index (κ3) is 12.1. The van der Waals surface area contributed by atoms with Crippen molar-refractivity contribution in [3.63, 3.8) is 0 Å². The monoisotopic (exact) mass is 514 g/mol. The third-order valence-electron chi connectivity index (χ3n) is 4.18. The fourth-order valence-corrected chi connectivity index (χ4v) is 3.47. The summed E-state index contributed by atoms with van der Waals surface area (Å²) in [6.07, 6.45) is 4.36. The summed E-state index contributed by atoms with van der Waals surface area (Å²) in [6, 6.07) is 14.4. The molecule has 12 heteroatoms. The Morgan fingerprint density at radius 2 is 0.941 bits per heavy atom. The molecule has 2 aromatic rings. The molecule has 0 N–H and O–H groups in total. The minimum absolute atomic E-state index is 0.116. The molecule has 0 saturated heterocycles. The Morgan fingerprint density at radius 1 is 0.588 bits per heavy atom. The van der Waals surface area contributed by atoms with Gasteiger partial charge in [0, 0.05) is 0 Å². The van der Waals surface area contributed by atoms with Gasteiger partial charge in [-0.3, -0.25) is 8.37 Å². The molecule has 34 heavy (non-hydrogen) atoms. The Morgan fingerprint density at radius 3 is 1.32 bits per heavy atom. The highest BCUT2D eigenvalue weighted by molar-refractivity contribution is 7.86. The molecule has 0 aliphatic carbocycles. The van der Waals surface area contributed by atoms with Gasteiger partial charge >= 0.3 is 0 Å². The third-order valence-corrected chi connectivity index (χ3v) is 5.37. The smallest absolute Gasteiger partial charge is 0.264 e. The first-order valence-electron chi connectivity index (χ1n) is 10.7. The summed E-state index contributed by atoms with van der Waals surface area (Å²) in [6.45, 7) is 0.987. The number of benzene rings is 2. The predicted molar refractivity (Wildman–Crippen MR) is 128 cm³/mol. The van der Waals surface area contributed by atoms with Gasteiger partial charge in [-0.2, -0.15) is 16.8 Å². The van der Waals surface area contributed by atoms with E-state index in [1.807, 2.05) is 24.3 Å². The molecule has 0 aromatic heterocycles. The number of azo groups is 1. The van der Waals surface area contributed by atoms with E-state index in [0.717, 1.165) is 12.5 Å². The van der Waals surface area contributed by atoms with Crippen LogP contribution < -0.4 is 9.47 Å². The largest absolute Gasteiger partial charge is 0.491 e. The maximum Gasteiger partial charge on any atom is 0.264 e. The Labute approximate surface area is 201 Å². The summed E-state index contributed by atoms with van der Waals surface area (Å²) in [5.74, 6) is 1.11. The first kappa shape index (κ1) is 27.7. The quantitative estimate of drug-likeness (QED) is 0.183. The maximum atomic E-state index is 11.0. The van der Waals surface area contributed by atoms with Gasteiger partial charge < -0.3 is 9.47 Å². The molecule has 0 bridgehead atoms. The van der Waals surface area contributed by atoms with Crippen LogP contribution in [0.4, 0.5) is 11.4 Å². The summed E-state index contributed by atoms with van der Waals surface area (Å²) >= 11 is 0. The molecular weight excluding hydrogens is 484 g/mol. The van der Waals surface area contributed by atoms with E-state index in [4.69, 9.17) is 17.8 Å². The summed E-state index contributed by atoms with van der Waals surface area (Å²) in [5, 5.41) is 8.60. The number of hydrogen-bond donors (Lipinski definition) is 0. The molecule has 0 unspecified atom stereocenters. The predicted octanol–water partition coefficient (Wildman–Crippen LogP) is 4.37. The van der Waals surface area contributed by atoms with E-state index in [0.29, 0.717) is 61.8 Å². The highest BCUT2D eigenvalue weighted by Gasteiger charge is 2.06. The Bertz CT molecular complexity index is 1050. The second-order valence-corrected chi connectivity index (χ2v) is 10.6. The summed E-state index contributed by atoms with van der Waals surface area (Å²) in [4.78, 5) is 0. The SMILES string of the molecule is CS(=O)(=O)OCCCCOc1ccccc1N=Nc1ccccc1OCCCCOS(C)(=O)=O. The standard InChI is InChI=1S/C22H30N2O8S2/c1-33(25,26)31-17-9-7-15-29-21-13-5-3-11-19(21)23-24-20-12-4-6-14-22(20)30-16-8-10-18-32-34(2,27)28/h3-6,11-14H,7-10,15-18H2,1-2H3. The van der Waals surface area contributed by atoms with Gasteiger partial charge in [-0.25, -0.2) is 0 Å². The zero-order valence-corrected chi connectivity index (χ0v) is 20.9. The molecule has 0 fully saturated rings. The van der Waals surface area contributed by atoms with Crippen LogP contribution in [-0.2, 0) is 28.6 Å². The number of hydrogen-bond acceptors (Lipinski definition) is 10. The number of ether oxygens (including phenoxy) is 2. The lowest BCUT2D eigenvalue weighted by Gasteiger charge is -2.09. The van der Waals surface area contributed by atoms with Gasteiger partial charge in [0.05, 0.1) is 38.9 Å². The van der Waals surface area contributed by atoms with Crippen LogP contribution in [-0.4, -0.2) is 55.8 Å². The lowest BCUT2D eigenvalue weighted by atomic mass is 10.3. The van der Waals surface area contributed by atoms with Crippen LogP contribution in [0.3, 0.4) is 0 Å². The molecule has 0 saturated carbocycles. The lowest BCUT2D eigenvalue weighted by Crippen LogP contribution is -2.06. The van der Waals surface area contributed by atoms with Gasteiger partial charge in [0.15, 0.2) is 0 Å². The lowest BCUT2D eigenvalue weighted by molar-refractivity contribution is 0.270. The highest BCUT2D eigenvalue weighted by atomic mass is 32.2. The van der Waals surface area contributed by atoms with E-state index in [2.05, 4.69) is 10.2 Å². The maximum absolute atomic E-state index is 11.0. The fraction of sp³-hybridized carbons (Fsp3) is 0.455. The summed E-state index contributed by atoms with van der Waals surface area (Å²) in [5.41, 5.74) is 1.09. The van der Waals surface area contributed by atoms with Crippen LogP contribution in [0.15, 0.2) is 58.8 Å². The summed E-state index contributed by atoms with van der Waals surface area (Å²) in [7, 11) is -6.86. The zero-order chi connectivity index (χ0) is 24.9. The van der Waals surface area contributed by atoms with Crippen LogP contribution >= 0.6 is 0 Å². The van der Waals surface area contributed by atoms with Crippen LogP contribution in [0.2, 0.25) is 0 Å². The van der Waals surface area contributed by atoms with Crippen molar-refractivity contribution < 1.29 is 34.7 Å². The van der Waals surface area contributed by atoms with Crippen molar-refractivity contribution in [1.82, 2.24) is 0 Å². The summed E-state index contributed by atoms with van der Waals surface area (Å²) < 4.78 is 64.8. The molecule has 2 rings (SSSR count). The van der Waals surface area contributed by atoms with E-state index in [9.17, 15) is 16.8 Å². The normalized spacial score (nSPS) is 12.2. The van der Waals surface area contributed by atoms with Crippen molar-refractivity contribution in [3.05, 3.63) is 48.5 Å². The Kier molecular flexibility index (Phi) is 11.4. The minimum atomic E-state index is -3.43. The molecular formula is C22H30N2O8S2. The van der Waals surface area contributed by atoms with Gasteiger partial charge in [0.2, 0.25) is 0 Å². The molecule has 10 nitrogen and oxygen atoms in total. The number of para-hydroxylation sites is 2. The van der Waals surface area contributed by atoms with E-state index >= 15 is 0 Å². The van der Waals surface area contributed by atoms with Gasteiger partial charge in [0.1, 0.15) is 22.9 Å². The first-order chi connectivity index (χ1) is 16.1. The number of rotatable bonds is 16. The van der Waals surface area contributed by atoms with Crippen molar-refractivity contribution in [3.8, 4) is 11.5 Å². The van der Waals surface area contributed by atoms with Crippen molar-refractivity contribution in [2.75, 3.05) is 38.9 Å². The van der Waals surface area contributed by atoms with E-state index in [1.54, 1.807) is 24.3 Å². The molecule has 0 amide bonds. The molecule has 0 aliphatic rings. The topological polar surface area (TPSA) is 130 Å². The molecule has 0 heterocycles. The van der Waals surface area contributed by atoms with Crippen molar-refractivity contribution in [2.24, 2.45) is 10.2 Å². The van der Waals surface area contributed by atoms with Crippen molar-refractivity contribution in [1.29, 1.82) is 0 Å². The minimum Gasteiger partial charge on any atom is -0.491 e. The molecule has 2 aromatic carbocycles. The number of nitrogens with zero attached hydrogens (tertiary/aromatic N) is 2. The average Bonchev–Trinajstić information content (AvgIpc) is 2.77. The molecule has 188 valence electrons. The molecule has 0 spiro atoms.